The average Bonchev–Trinajstić information content (AvgIpc) is 2.72. The van der Waals surface area contributed by atoms with Gasteiger partial charge in [-0.3, -0.25) is 14.9 Å². The van der Waals surface area contributed by atoms with E-state index in [2.05, 4.69) is 4.90 Å². The minimum atomic E-state index is -1.38. The van der Waals surface area contributed by atoms with Crippen LogP contribution in [0.3, 0.4) is 0 Å². The number of carbonyl (C=O) groups is 2. The number of piperazine rings is 1. The quantitative estimate of drug-likeness (QED) is 0.620. The van der Waals surface area contributed by atoms with Gasteiger partial charge in [-0.2, -0.15) is 0 Å². The van der Waals surface area contributed by atoms with Crippen LogP contribution < -0.4 is 9.64 Å². The van der Waals surface area contributed by atoms with E-state index >= 15 is 0 Å². The zero-order chi connectivity index (χ0) is 20.3. The normalized spacial score (nSPS) is 13.9. The number of aromatic carboxylic acids is 1. The molecule has 0 aromatic heterocycles. The molecular weight excluding hydrogens is 366 g/mol. The molecule has 0 bridgehead atoms. The fourth-order valence-electron chi connectivity index (χ4n) is 3.22. The number of non-ortho nitro benzene ring substituents is 1. The number of nitro groups is 1. The average molecular weight is 385 g/mol. The minimum Gasteiger partial charge on any atom is -0.495 e. The second-order valence-electron chi connectivity index (χ2n) is 6.24. The van der Waals surface area contributed by atoms with Crippen LogP contribution in [0.2, 0.25) is 0 Å². The summed E-state index contributed by atoms with van der Waals surface area (Å²) in [5.74, 6) is -1.09. The van der Waals surface area contributed by atoms with Crippen LogP contribution >= 0.6 is 0 Å². The van der Waals surface area contributed by atoms with Crippen molar-refractivity contribution < 1.29 is 24.4 Å². The van der Waals surface area contributed by atoms with Crippen molar-refractivity contribution in [3.63, 3.8) is 0 Å². The van der Waals surface area contributed by atoms with Gasteiger partial charge in [0.15, 0.2) is 0 Å². The van der Waals surface area contributed by atoms with E-state index in [1.807, 2.05) is 24.3 Å². The highest BCUT2D eigenvalue weighted by atomic mass is 16.6. The number of carboxylic acids is 1. The number of methoxy groups -OCH3 is 1. The van der Waals surface area contributed by atoms with Gasteiger partial charge < -0.3 is 19.6 Å². The van der Waals surface area contributed by atoms with Crippen LogP contribution in [0, 0.1) is 10.1 Å². The molecule has 2 aromatic carbocycles. The minimum absolute atomic E-state index is 0.0520. The highest BCUT2D eigenvalue weighted by Crippen LogP contribution is 2.29. The second kappa shape index (κ2) is 7.95. The van der Waals surface area contributed by atoms with Gasteiger partial charge in [0.2, 0.25) is 0 Å². The van der Waals surface area contributed by atoms with E-state index in [0.29, 0.717) is 26.2 Å². The number of nitro benzene ring substituents is 1. The van der Waals surface area contributed by atoms with E-state index in [0.717, 1.165) is 23.6 Å². The third-order valence-electron chi connectivity index (χ3n) is 4.67. The maximum Gasteiger partial charge on any atom is 0.336 e. The smallest absolute Gasteiger partial charge is 0.336 e. The van der Waals surface area contributed by atoms with Crippen LogP contribution in [-0.2, 0) is 0 Å². The van der Waals surface area contributed by atoms with Gasteiger partial charge in [-0.05, 0) is 18.2 Å². The first-order valence-corrected chi connectivity index (χ1v) is 8.61. The number of nitrogens with zero attached hydrogens (tertiary/aromatic N) is 3. The summed E-state index contributed by atoms with van der Waals surface area (Å²) in [6.45, 7) is 1.91. The number of ether oxygens (including phenoxy) is 1. The molecule has 2 aromatic rings. The van der Waals surface area contributed by atoms with Gasteiger partial charge in [-0.1, -0.05) is 12.1 Å². The van der Waals surface area contributed by atoms with Crippen LogP contribution in [0.1, 0.15) is 20.7 Å². The zero-order valence-corrected chi connectivity index (χ0v) is 15.2. The van der Waals surface area contributed by atoms with Crippen molar-refractivity contribution in [3.05, 3.63) is 63.7 Å². The molecule has 1 saturated heterocycles. The fourth-order valence-corrected chi connectivity index (χ4v) is 3.22. The highest BCUT2D eigenvalue weighted by molar-refractivity contribution is 6.05. The Hall–Kier alpha value is -3.62. The van der Waals surface area contributed by atoms with Crippen LogP contribution in [0.15, 0.2) is 42.5 Å². The van der Waals surface area contributed by atoms with Gasteiger partial charge in [0.05, 0.1) is 28.8 Å². The van der Waals surface area contributed by atoms with Crippen molar-refractivity contribution in [2.45, 2.75) is 0 Å². The number of carboxylic acid groups (broad SMARTS) is 1. The Labute approximate surface area is 160 Å². The van der Waals surface area contributed by atoms with Crippen LogP contribution in [0.25, 0.3) is 0 Å². The molecule has 1 heterocycles. The van der Waals surface area contributed by atoms with E-state index in [9.17, 15) is 24.8 Å². The molecule has 146 valence electrons. The first-order chi connectivity index (χ1) is 13.4. The zero-order valence-electron chi connectivity index (χ0n) is 15.2. The number of hydrogen-bond acceptors (Lipinski definition) is 6. The lowest BCUT2D eigenvalue weighted by molar-refractivity contribution is -0.384. The predicted molar refractivity (Wildman–Crippen MR) is 101 cm³/mol. The van der Waals surface area contributed by atoms with Crippen molar-refractivity contribution in [1.29, 1.82) is 0 Å². The topological polar surface area (TPSA) is 113 Å². The van der Waals surface area contributed by atoms with Gasteiger partial charge in [0.25, 0.3) is 11.6 Å². The van der Waals surface area contributed by atoms with Crippen LogP contribution in [-0.4, -0.2) is 60.1 Å². The number of benzene rings is 2. The molecule has 1 fully saturated rings. The van der Waals surface area contributed by atoms with E-state index in [1.54, 1.807) is 12.0 Å². The van der Waals surface area contributed by atoms with E-state index < -0.39 is 16.8 Å². The van der Waals surface area contributed by atoms with Gasteiger partial charge in [0.1, 0.15) is 5.75 Å². The Balaban J connectivity index is 1.77. The van der Waals surface area contributed by atoms with Gasteiger partial charge >= 0.3 is 5.97 Å². The third-order valence-corrected chi connectivity index (χ3v) is 4.67. The van der Waals surface area contributed by atoms with Gasteiger partial charge in [-0.25, -0.2) is 4.79 Å². The molecule has 0 saturated carbocycles. The maximum atomic E-state index is 12.8. The monoisotopic (exact) mass is 385 g/mol. The summed E-state index contributed by atoms with van der Waals surface area (Å²) in [5, 5.41) is 20.2. The predicted octanol–water partition coefficient (Wildman–Crippen LogP) is 2.26. The first-order valence-electron chi connectivity index (χ1n) is 8.61. The molecule has 9 nitrogen and oxygen atoms in total. The molecule has 1 N–H and O–H groups in total. The molecule has 1 aliphatic heterocycles. The second-order valence-corrected chi connectivity index (χ2v) is 6.24. The number of rotatable bonds is 5. The summed E-state index contributed by atoms with van der Waals surface area (Å²) in [6.07, 6.45) is 0. The molecule has 1 aliphatic rings. The maximum absolute atomic E-state index is 12.8. The number of hydrogen-bond donors (Lipinski definition) is 1. The summed E-state index contributed by atoms with van der Waals surface area (Å²) in [4.78, 5) is 38.1. The Morgan fingerprint density at radius 2 is 1.75 bits per heavy atom. The van der Waals surface area contributed by atoms with Crippen LogP contribution in [0.4, 0.5) is 11.4 Å². The Bertz CT molecular complexity index is 922. The summed E-state index contributed by atoms with van der Waals surface area (Å²) in [7, 11) is 1.60. The molecule has 0 unspecified atom stereocenters. The molecule has 9 heteroatoms. The standard InChI is InChI=1S/C19H19N3O6/c1-28-17-5-3-2-4-16(17)20-8-10-21(11-9-20)18(23)14-7-6-13(22(26)27)12-15(14)19(24)25/h2-7,12H,8-11H2,1H3,(H,24,25). The third kappa shape index (κ3) is 3.73. The summed E-state index contributed by atoms with van der Waals surface area (Å²) in [5.41, 5.74) is 0.142. The van der Waals surface area contributed by atoms with Crippen molar-refractivity contribution in [3.8, 4) is 5.75 Å². The molecule has 0 spiro atoms. The van der Waals surface area contributed by atoms with Gasteiger partial charge in [-0.15, -0.1) is 0 Å². The largest absolute Gasteiger partial charge is 0.495 e. The van der Waals surface area contributed by atoms with E-state index in [4.69, 9.17) is 4.74 Å². The number of amides is 1. The molecule has 28 heavy (non-hydrogen) atoms. The van der Waals surface area contributed by atoms with Crippen molar-refractivity contribution in [2.24, 2.45) is 0 Å². The number of para-hydroxylation sites is 2. The van der Waals surface area contributed by atoms with Crippen molar-refractivity contribution in [1.82, 2.24) is 4.90 Å². The highest BCUT2D eigenvalue weighted by Gasteiger charge is 2.27. The lowest BCUT2D eigenvalue weighted by Crippen LogP contribution is -2.49. The van der Waals surface area contributed by atoms with Crippen LogP contribution in [0.5, 0.6) is 5.75 Å². The lowest BCUT2D eigenvalue weighted by atomic mass is 10.0. The Morgan fingerprint density at radius 1 is 1.07 bits per heavy atom. The summed E-state index contributed by atoms with van der Waals surface area (Å²) in [6, 6.07) is 10.9. The SMILES string of the molecule is COc1ccccc1N1CCN(C(=O)c2ccc([N+](=O)[O-])cc2C(=O)O)CC1. The summed E-state index contributed by atoms with van der Waals surface area (Å²) < 4.78 is 5.37. The molecule has 0 aliphatic carbocycles. The molecule has 0 atom stereocenters. The van der Waals surface area contributed by atoms with E-state index in [-0.39, 0.29) is 16.8 Å². The molecular formula is C19H19N3O6. The Morgan fingerprint density at radius 3 is 2.36 bits per heavy atom. The van der Waals surface area contributed by atoms with Gasteiger partial charge in [0, 0.05) is 38.3 Å². The number of anilines is 1. The molecule has 0 radical (unpaired) electrons. The van der Waals surface area contributed by atoms with Crippen molar-refractivity contribution >= 4 is 23.3 Å². The Kier molecular flexibility index (Phi) is 5.44. The summed E-state index contributed by atoms with van der Waals surface area (Å²) >= 11 is 0. The molecule has 1 amide bonds. The number of carbonyl (C=O) groups excluding carboxylic acids is 1. The van der Waals surface area contributed by atoms with E-state index in [1.165, 1.54) is 6.07 Å². The lowest BCUT2D eigenvalue weighted by Gasteiger charge is -2.36. The molecule has 3 rings (SSSR count). The first kappa shape index (κ1) is 19.2. The van der Waals surface area contributed by atoms with Crippen molar-refractivity contribution in [2.75, 3.05) is 38.2 Å². The fraction of sp³-hybridized carbons (Fsp3) is 0.263.